The third-order valence-corrected chi connectivity index (χ3v) is 3.21. The number of carboxylic acids is 1. The largest absolute Gasteiger partial charge is 0.477 e. The maximum absolute atomic E-state index is 11.9. The zero-order chi connectivity index (χ0) is 14.0. The minimum atomic E-state index is -1.28. The Morgan fingerprint density at radius 3 is 2.68 bits per heavy atom. The molecule has 102 valence electrons. The van der Waals surface area contributed by atoms with Crippen LogP contribution in [0, 0.1) is 12.8 Å². The molecule has 0 saturated heterocycles. The van der Waals surface area contributed by atoms with Crippen LogP contribution in [0.4, 0.5) is 0 Å². The standard InChI is InChI=1S/C13H16N2O4/c1-8-2-5-10(13(18)19)12(17)15(8)7-11(16)14-6-9-3-4-9/h2,5,9H,3-4,6-7H2,1H3,(H,14,16)(H,18,19). The van der Waals surface area contributed by atoms with Gasteiger partial charge < -0.3 is 15.0 Å². The minimum Gasteiger partial charge on any atom is -0.477 e. The van der Waals surface area contributed by atoms with E-state index in [4.69, 9.17) is 5.11 Å². The van der Waals surface area contributed by atoms with Crippen molar-refractivity contribution < 1.29 is 14.7 Å². The lowest BCUT2D eigenvalue weighted by Crippen LogP contribution is -2.36. The number of nitrogens with one attached hydrogen (secondary N) is 1. The van der Waals surface area contributed by atoms with Crippen molar-refractivity contribution >= 4 is 11.9 Å². The molecule has 1 heterocycles. The van der Waals surface area contributed by atoms with Crippen LogP contribution in [-0.2, 0) is 11.3 Å². The van der Waals surface area contributed by atoms with Crippen molar-refractivity contribution in [1.29, 1.82) is 0 Å². The maximum atomic E-state index is 11.9. The lowest BCUT2D eigenvalue weighted by atomic mass is 10.2. The molecular weight excluding hydrogens is 248 g/mol. The second kappa shape index (κ2) is 5.26. The molecular formula is C13H16N2O4. The number of hydrogen-bond donors (Lipinski definition) is 2. The van der Waals surface area contributed by atoms with Gasteiger partial charge in [-0.15, -0.1) is 0 Å². The summed E-state index contributed by atoms with van der Waals surface area (Å²) in [5.74, 6) is -0.982. The van der Waals surface area contributed by atoms with Gasteiger partial charge in [0.1, 0.15) is 12.1 Å². The van der Waals surface area contributed by atoms with E-state index in [1.807, 2.05) is 0 Å². The summed E-state index contributed by atoms with van der Waals surface area (Å²) >= 11 is 0. The van der Waals surface area contributed by atoms with Gasteiger partial charge in [0.05, 0.1) is 0 Å². The van der Waals surface area contributed by atoms with Gasteiger partial charge >= 0.3 is 5.97 Å². The molecule has 2 N–H and O–H groups in total. The van der Waals surface area contributed by atoms with E-state index in [0.717, 1.165) is 12.8 Å². The Labute approximate surface area is 110 Å². The fraction of sp³-hybridized carbons (Fsp3) is 0.462. The average molecular weight is 264 g/mol. The number of carboxylic acid groups (broad SMARTS) is 1. The third kappa shape index (κ3) is 3.21. The predicted molar refractivity (Wildman–Crippen MR) is 68.1 cm³/mol. The molecule has 6 heteroatoms. The Hall–Kier alpha value is -2.11. The summed E-state index contributed by atoms with van der Waals surface area (Å²) in [6.45, 7) is 2.16. The summed E-state index contributed by atoms with van der Waals surface area (Å²) in [6.07, 6.45) is 2.27. The molecule has 19 heavy (non-hydrogen) atoms. The number of aromatic carboxylic acids is 1. The van der Waals surface area contributed by atoms with Gasteiger partial charge in [-0.25, -0.2) is 4.79 Å². The van der Waals surface area contributed by atoms with E-state index in [9.17, 15) is 14.4 Å². The molecule has 1 amide bonds. The van der Waals surface area contributed by atoms with Gasteiger partial charge in [-0.3, -0.25) is 9.59 Å². The quantitative estimate of drug-likeness (QED) is 0.804. The molecule has 0 spiro atoms. The zero-order valence-corrected chi connectivity index (χ0v) is 10.7. The van der Waals surface area contributed by atoms with E-state index in [2.05, 4.69) is 5.32 Å². The molecule has 0 atom stereocenters. The third-order valence-electron chi connectivity index (χ3n) is 3.21. The van der Waals surface area contributed by atoms with Crippen LogP contribution in [0.3, 0.4) is 0 Å². The van der Waals surface area contributed by atoms with Gasteiger partial charge in [-0.05, 0) is 37.8 Å². The maximum Gasteiger partial charge on any atom is 0.341 e. The topological polar surface area (TPSA) is 88.4 Å². The molecule has 1 aromatic heterocycles. The molecule has 1 aromatic rings. The number of amides is 1. The average Bonchev–Trinajstić information content (AvgIpc) is 3.15. The number of carbonyl (C=O) groups excluding carboxylic acids is 1. The summed E-state index contributed by atoms with van der Waals surface area (Å²) < 4.78 is 1.19. The summed E-state index contributed by atoms with van der Waals surface area (Å²) in [6, 6.07) is 2.79. The highest BCUT2D eigenvalue weighted by molar-refractivity contribution is 5.87. The van der Waals surface area contributed by atoms with E-state index >= 15 is 0 Å². The lowest BCUT2D eigenvalue weighted by molar-refractivity contribution is -0.121. The molecule has 1 aliphatic rings. The van der Waals surface area contributed by atoms with Crippen LogP contribution >= 0.6 is 0 Å². The molecule has 0 aromatic carbocycles. The number of pyridine rings is 1. The fourth-order valence-electron chi connectivity index (χ4n) is 1.81. The number of carbonyl (C=O) groups is 2. The second-order valence-corrected chi connectivity index (χ2v) is 4.83. The summed E-state index contributed by atoms with van der Waals surface area (Å²) in [5.41, 5.74) is -0.397. The first-order valence-electron chi connectivity index (χ1n) is 6.19. The number of rotatable bonds is 5. The van der Waals surface area contributed by atoms with Crippen LogP contribution in [0.1, 0.15) is 28.9 Å². The second-order valence-electron chi connectivity index (χ2n) is 4.83. The molecule has 1 fully saturated rings. The highest BCUT2D eigenvalue weighted by Gasteiger charge is 2.22. The van der Waals surface area contributed by atoms with Crippen molar-refractivity contribution in [2.45, 2.75) is 26.3 Å². The number of hydrogen-bond acceptors (Lipinski definition) is 3. The van der Waals surface area contributed by atoms with Crippen molar-refractivity contribution in [2.24, 2.45) is 5.92 Å². The van der Waals surface area contributed by atoms with Gasteiger partial charge in [0.25, 0.3) is 5.56 Å². The summed E-state index contributed by atoms with van der Waals surface area (Å²) in [7, 11) is 0. The van der Waals surface area contributed by atoms with Gasteiger partial charge in [0, 0.05) is 12.2 Å². The Balaban J connectivity index is 2.13. The Bertz CT molecular complexity index is 572. The normalized spacial score (nSPS) is 14.2. The number of nitrogens with zero attached hydrogens (tertiary/aromatic N) is 1. The fourth-order valence-corrected chi connectivity index (χ4v) is 1.81. The molecule has 6 nitrogen and oxygen atoms in total. The summed E-state index contributed by atoms with van der Waals surface area (Å²) in [5, 5.41) is 11.6. The van der Waals surface area contributed by atoms with Crippen molar-refractivity contribution in [2.75, 3.05) is 6.54 Å². The van der Waals surface area contributed by atoms with Crippen LogP contribution < -0.4 is 10.9 Å². The molecule has 0 aliphatic heterocycles. The summed E-state index contributed by atoms with van der Waals surface area (Å²) in [4.78, 5) is 34.5. The molecule has 1 saturated carbocycles. The molecule has 0 bridgehead atoms. The smallest absolute Gasteiger partial charge is 0.341 e. The lowest BCUT2D eigenvalue weighted by Gasteiger charge is -2.10. The van der Waals surface area contributed by atoms with Crippen molar-refractivity contribution in [3.63, 3.8) is 0 Å². The molecule has 0 radical (unpaired) electrons. The van der Waals surface area contributed by atoms with Crippen molar-refractivity contribution in [3.8, 4) is 0 Å². The highest BCUT2D eigenvalue weighted by Crippen LogP contribution is 2.27. The Kier molecular flexibility index (Phi) is 3.69. The van der Waals surface area contributed by atoms with Crippen LogP contribution in [0.25, 0.3) is 0 Å². The van der Waals surface area contributed by atoms with Crippen molar-refractivity contribution in [1.82, 2.24) is 9.88 Å². The van der Waals surface area contributed by atoms with E-state index in [0.29, 0.717) is 18.2 Å². The molecule has 0 unspecified atom stereocenters. The van der Waals surface area contributed by atoms with Crippen LogP contribution in [-0.4, -0.2) is 28.1 Å². The first kappa shape index (κ1) is 13.3. The van der Waals surface area contributed by atoms with Gasteiger partial charge in [-0.1, -0.05) is 0 Å². The monoisotopic (exact) mass is 264 g/mol. The Morgan fingerprint density at radius 1 is 1.42 bits per heavy atom. The Morgan fingerprint density at radius 2 is 2.11 bits per heavy atom. The van der Waals surface area contributed by atoms with Crippen LogP contribution in [0.2, 0.25) is 0 Å². The van der Waals surface area contributed by atoms with Gasteiger partial charge in [0.2, 0.25) is 5.91 Å². The van der Waals surface area contributed by atoms with E-state index in [1.165, 1.54) is 16.7 Å². The van der Waals surface area contributed by atoms with Gasteiger partial charge in [-0.2, -0.15) is 0 Å². The minimum absolute atomic E-state index is 0.140. The van der Waals surface area contributed by atoms with Crippen LogP contribution in [0.5, 0.6) is 0 Å². The number of aromatic nitrogens is 1. The SMILES string of the molecule is Cc1ccc(C(=O)O)c(=O)n1CC(=O)NCC1CC1. The van der Waals surface area contributed by atoms with Gasteiger partial charge in [0.15, 0.2) is 0 Å². The number of aryl methyl sites for hydroxylation is 1. The van der Waals surface area contributed by atoms with E-state index < -0.39 is 11.5 Å². The molecule has 2 rings (SSSR count). The highest BCUT2D eigenvalue weighted by atomic mass is 16.4. The first-order valence-corrected chi connectivity index (χ1v) is 6.19. The zero-order valence-electron chi connectivity index (χ0n) is 10.7. The van der Waals surface area contributed by atoms with E-state index in [1.54, 1.807) is 6.92 Å². The first-order chi connectivity index (χ1) is 8.99. The van der Waals surface area contributed by atoms with Crippen molar-refractivity contribution in [3.05, 3.63) is 33.7 Å². The van der Waals surface area contributed by atoms with Crippen LogP contribution in [0.15, 0.2) is 16.9 Å². The molecule has 1 aliphatic carbocycles. The predicted octanol–water partition coefficient (Wildman–Crippen LogP) is 0.381. The van der Waals surface area contributed by atoms with E-state index in [-0.39, 0.29) is 18.0 Å².